The fraction of sp³-hybridized carbons (Fsp3) is 0.400. The van der Waals surface area contributed by atoms with Gasteiger partial charge < -0.3 is 10.0 Å². The fourth-order valence-corrected chi connectivity index (χ4v) is 4.02. The van der Waals surface area contributed by atoms with Crippen LogP contribution in [-0.4, -0.2) is 39.0 Å². The molecule has 4 nitrogen and oxygen atoms in total. The van der Waals surface area contributed by atoms with Crippen LogP contribution in [0.1, 0.15) is 0 Å². The van der Waals surface area contributed by atoms with Crippen molar-refractivity contribution in [2.24, 2.45) is 0 Å². The molecule has 0 saturated carbocycles. The first-order valence-electron chi connectivity index (χ1n) is 4.81. The SMILES string of the molecule is CN1c2cc(Br)ccc2S(=O)(=O)CC1CO. The lowest BCUT2D eigenvalue weighted by Gasteiger charge is -2.34. The van der Waals surface area contributed by atoms with Crippen LogP contribution in [0.5, 0.6) is 0 Å². The molecule has 1 N–H and O–H groups in total. The van der Waals surface area contributed by atoms with Gasteiger partial charge in [-0.1, -0.05) is 15.9 Å². The van der Waals surface area contributed by atoms with Gasteiger partial charge in [0, 0.05) is 11.5 Å². The van der Waals surface area contributed by atoms with Crippen molar-refractivity contribution >= 4 is 31.5 Å². The van der Waals surface area contributed by atoms with Crippen molar-refractivity contribution in [2.75, 3.05) is 24.3 Å². The van der Waals surface area contributed by atoms with Crippen molar-refractivity contribution in [1.82, 2.24) is 0 Å². The Hall–Kier alpha value is -0.590. The summed E-state index contributed by atoms with van der Waals surface area (Å²) in [5.41, 5.74) is 0.639. The number of sulfone groups is 1. The highest BCUT2D eigenvalue weighted by molar-refractivity contribution is 9.10. The molecule has 1 heterocycles. The first-order chi connectivity index (χ1) is 7.45. The number of hydrogen-bond acceptors (Lipinski definition) is 4. The van der Waals surface area contributed by atoms with Crippen molar-refractivity contribution < 1.29 is 13.5 Å². The third-order valence-electron chi connectivity index (χ3n) is 2.81. The van der Waals surface area contributed by atoms with E-state index in [9.17, 15) is 13.5 Å². The highest BCUT2D eigenvalue weighted by Crippen LogP contribution is 2.34. The Kier molecular flexibility index (Phi) is 2.98. The number of benzene rings is 1. The smallest absolute Gasteiger partial charge is 0.182 e. The number of anilines is 1. The summed E-state index contributed by atoms with van der Waals surface area (Å²) in [5, 5.41) is 9.17. The summed E-state index contributed by atoms with van der Waals surface area (Å²) in [6.45, 7) is -0.165. The van der Waals surface area contributed by atoms with Gasteiger partial charge in [0.05, 0.1) is 29.0 Å². The topological polar surface area (TPSA) is 57.6 Å². The van der Waals surface area contributed by atoms with E-state index in [0.717, 1.165) is 4.47 Å². The molecule has 0 bridgehead atoms. The van der Waals surface area contributed by atoms with E-state index < -0.39 is 9.84 Å². The molecule has 16 heavy (non-hydrogen) atoms. The number of nitrogens with zero attached hydrogens (tertiary/aromatic N) is 1. The summed E-state index contributed by atoms with van der Waals surface area (Å²) in [7, 11) is -1.48. The zero-order valence-corrected chi connectivity index (χ0v) is 11.1. The van der Waals surface area contributed by atoms with Crippen LogP contribution in [0.25, 0.3) is 0 Å². The maximum Gasteiger partial charge on any atom is 0.182 e. The average molecular weight is 306 g/mol. The standard InChI is InChI=1S/C10H12BrNO3S/c1-12-8(5-13)6-16(14,15)10-3-2-7(11)4-9(10)12/h2-4,8,13H,5-6H2,1H3. The number of aliphatic hydroxyl groups is 1. The molecule has 0 aromatic heterocycles. The zero-order valence-electron chi connectivity index (χ0n) is 8.72. The Morgan fingerprint density at radius 1 is 1.56 bits per heavy atom. The molecule has 1 aliphatic rings. The monoisotopic (exact) mass is 305 g/mol. The first-order valence-corrected chi connectivity index (χ1v) is 7.26. The molecule has 0 aliphatic carbocycles. The van der Waals surface area contributed by atoms with Gasteiger partial charge in [-0.05, 0) is 18.2 Å². The highest BCUT2D eigenvalue weighted by Gasteiger charge is 2.33. The molecular formula is C10H12BrNO3S. The van der Waals surface area contributed by atoms with Crippen LogP contribution >= 0.6 is 15.9 Å². The van der Waals surface area contributed by atoms with E-state index in [1.807, 2.05) is 0 Å². The van der Waals surface area contributed by atoms with Crippen LogP contribution in [0.2, 0.25) is 0 Å². The van der Waals surface area contributed by atoms with Crippen molar-refractivity contribution in [3.8, 4) is 0 Å². The van der Waals surface area contributed by atoms with Gasteiger partial charge in [-0.3, -0.25) is 0 Å². The molecular weight excluding hydrogens is 294 g/mol. The van der Waals surface area contributed by atoms with Gasteiger partial charge in [-0.15, -0.1) is 0 Å². The van der Waals surface area contributed by atoms with Crippen molar-refractivity contribution in [3.05, 3.63) is 22.7 Å². The van der Waals surface area contributed by atoms with Gasteiger partial charge in [-0.2, -0.15) is 0 Å². The average Bonchev–Trinajstić information content (AvgIpc) is 2.23. The van der Waals surface area contributed by atoms with E-state index in [2.05, 4.69) is 15.9 Å². The summed E-state index contributed by atoms with van der Waals surface area (Å²) < 4.78 is 24.7. The molecule has 1 unspecified atom stereocenters. The minimum absolute atomic E-state index is 0.0331. The molecule has 2 rings (SSSR count). The normalized spacial score (nSPS) is 22.9. The Balaban J connectivity index is 2.63. The van der Waals surface area contributed by atoms with E-state index >= 15 is 0 Å². The maximum atomic E-state index is 11.9. The van der Waals surface area contributed by atoms with Gasteiger partial charge in [0.2, 0.25) is 0 Å². The second kappa shape index (κ2) is 4.01. The van der Waals surface area contributed by atoms with E-state index in [-0.39, 0.29) is 18.4 Å². The summed E-state index contributed by atoms with van der Waals surface area (Å²) in [6.07, 6.45) is 0. The number of hydrogen-bond donors (Lipinski definition) is 1. The highest BCUT2D eigenvalue weighted by atomic mass is 79.9. The summed E-state index contributed by atoms with van der Waals surface area (Å²) in [6, 6.07) is 4.70. The molecule has 1 aromatic rings. The lowest BCUT2D eigenvalue weighted by Crippen LogP contribution is -2.44. The van der Waals surface area contributed by atoms with Crippen LogP contribution in [0.4, 0.5) is 5.69 Å². The molecule has 0 spiro atoms. The lowest BCUT2D eigenvalue weighted by molar-refractivity contribution is 0.269. The Labute approximate surface area is 103 Å². The number of aliphatic hydroxyl groups excluding tert-OH is 1. The second-order valence-electron chi connectivity index (χ2n) is 3.84. The quantitative estimate of drug-likeness (QED) is 0.842. The van der Waals surface area contributed by atoms with Gasteiger partial charge in [-0.25, -0.2) is 8.42 Å². The number of halogens is 1. The molecule has 88 valence electrons. The van der Waals surface area contributed by atoms with E-state index in [0.29, 0.717) is 10.6 Å². The molecule has 0 saturated heterocycles. The molecule has 1 atom stereocenters. The minimum atomic E-state index is -3.28. The first kappa shape index (κ1) is 11.9. The molecule has 6 heteroatoms. The molecule has 0 amide bonds. The number of rotatable bonds is 1. The van der Waals surface area contributed by atoms with Crippen molar-refractivity contribution in [1.29, 1.82) is 0 Å². The predicted molar refractivity (Wildman–Crippen MR) is 65.5 cm³/mol. The van der Waals surface area contributed by atoms with Crippen LogP contribution in [0.3, 0.4) is 0 Å². The number of likely N-dealkylation sites (N-methyl/N-ethyl adjacent to an activating group) is 1. The fourth-order valence-electron chi connectivity index (χ4n) is 1.86. The van der Waals surface area contributed by atoms with Crippen molar-refractivity contribution in [3.63, 3.8) is 0 Å². The maximum absolute atomic E-state index is 11.9. The lowest BCUT2D eigenvalue weighted by atomic mass is 10.2. The third kappa shape index (κ3) is 1.85. The van der Waals surface area contributed by atoms with Gasteiger partial charge in [0.1, 0.15) is 0 Å². The Morgan fingerprint density at radius 3 is 2.88 bits per heavy atom. The largest absolute Gasteiger partial charge is 0.394 e. The van der Waals surface area contributed by atoms with Crippen LogP contribution in [-0.2, 0) is 9.84 Å². The molecule has 1 aliphatic heterocycles. The summed E-state index contributed by atoms with van der Waals surface area (Å²) >= 11 is 3.31. The van der Waals surface area contributed by atoms with Crippen molar-refractivity contribution in [2.45, 2.75) is 10.9 Å². The number of fused-ring (bicyclic) bond motifs is 1. The predicted octanol–water partition coefficient (Wildman–Crippen LogP) is 1.03. The van der Waals surface area contributed by atoms with Gasteiger partial charge >= 0.3 is 0 Å². The third-order valence-corrected chi connectivity index (χ3v) is 5.14. The minimum Gasteiger partial charge on any atom is -0.394 e. The van der Waals surface area contributed by atoms with Gasteiger partial charge in [0.15, 0.2) is 9.84 Å². The van der Waals surface area contributed by atoms with Gasteiger partial charge in [0.25, 0.3) is 0 Å². The summed E-state index contributed by atoms with van der Waals surface area (Å²) in [4.78, 5) is 2.14. The van der Waals surface area contributed by atoms with Crippen LogP contribution < -0.4 is 4.90 Å². The summed E-state index contributed by atoms with van der Waals surface area (Å²) in [5.74, 6) is -0.0331. The van der Waals surface area contributed by atoms with E-state index in [1.54, 1.807) is 30.1 Å². The zero-order chi connectivity index (χ0) is 11.9. The Bertz CT molecular complexity index is 515. The Morgan fingerprint density at radius 2 is 2.25 bits per heavy atom. The molecule has 0 radical (unpaired) electrons. The van der Waals surface area contributed by atoms with Crippen LogP contribution in [0.15, 0.2) is 27.6 Å². The van der Waals surface area contributed by atoms with E-state index in [4.69, 9.17) is 0 Å². The molecule has 1 aromatic carbocycles. The molecule has 0 fully saturated rings. The van der Waals surface area contributed by atoms with Crippen LogP contribution in [0, 0.1) is 0 Å². The van der Waals surface area contributed by atoms with E-state index in [1.165, 1.54) is 0 Å². The second-order valence-corrected chi connectivity index (χ2v) is 6.76.